The van der Waals surface area contributed by atoms with Crippen LogP contribution in [0.4, 0.5) is 5.69 Å². The molecule has 2 N–H and O–H groups in total. The van der Waals surface area contributed by atoms with Gasteiger partial charge in [-0.3, -0.25) is 4.79 Å². The van der Waals surface area contributed by atoms with E-state index in [9.17, 15) is 4.79 Å². The second-order valence-corrected chi connectivity index (χ2v) is 6.63. The van der Waals surface area contributed by atoms with Crippen LogP contribution in [0.1, 0.15) is 27.5 Å². The smallest absolute Gasteiger partial charge is 0.191 e. The lowest BCUT2D eigenvalue weighted by Gasteiger charge is -2.20. The summed E-state index contributed by atoms with van der Waals surface area (Å²) in [6.45, 7) is 0. The molecule has 0 aliphatic carbocycles. The molecular weight excluding hydrogens is 362 g/mol. The van der Waals surface area contributed by atoms with Crippen LogP contribution in [0.3, 0.4) is 0 Å². The lowest BCUT2D eigenvalue weighted by Crippen LogP contribution is -2.21. The number of nitriles is 1. The average Bonchev–Trinajstić information content (AvgIpc) is 3.21. The van der Waals surface area contributed by atoms with Gasteiger partial charge in [-0.25, -0.2) is 0 Å². The first-order valence-electron chi connectivity index (χ1n) is 9.21. The number of para-hydroxylation sites is 2. The van der Waals surface area contributed by atoms with Crippen molar-refractivity contribution in [2.24, 2.45) is 0 Å². The fourth-order valence-corrected chi connectivity index (χ4v) is 3.42. The second kappa shape index (κ2) is 7.91. The molecule has 0 bridgehead atoms. The molecule has 142 valence electrons. The van der Waals surface area contributed by atoms with Gasteiger partial charge in [0.1, 0.15) is 11.8 Å². The van der Waals surface area contributed by atoms with Crippen LogP contribution < -0.4 is 10.1 Å². The monoisotopic (exact) mass is 381 g/mol. The number of fused-ring (bicyclic) bond motifs is 1. The van der Waals surface area contributed by atoms with E-state index in [1.165, 1.54) is 0 Å². The Balaban J connectivity index is 1.77. The largest absolute Gasteiger partial charge is 0.495 e. The van der Waals surface area contributed by atoms with Crippen LogP contribution in [0.5, 0.6) is 5.75 Å². The highest BCUT2D eigenvalue weighted by Gasteiger charge is 2.25. The van der Waals surface area contributed by atoms with E-state index in [-0.39, 0.29) is 5.78 Å². The number of hydrogen-bond acceptors (Lipinski definition) is 4. The van der Waals surface area contributed by atoms with Crippen molar-refractivity contribution in [2.45, 2.75) is 6.04 Å². The van der Waals surface area contributed by atoms with Crippen LogP contribution in [0, 0.1) is 11.3 Å². The molecule has 0 amide bonds. The summed E-state index contributed by atoms with van der Waals surface area (Å²) < 4.78 is 5.44. The van der Waals surface area contributed by atoms with Crippen LogP contribution in [0.2, 0.25) is 0 Å². The van der Waals surface area contributed by atoms with Crippen molar-refractivity contribution >= 4 is 22.4 Å². The number of methoxy groups -OCH3 is 1. The quantitative estimate of drug-likeness (QED) is 0.456. The topological polar surface area (TPSA) is 77.9 Å². The molecule has 4 aromatic rings. The number of ether oxygens (including phenoxy) is 1. The Hall–Kier alpha value is -4.04. The molecule has 0 aliphatic rings. The van der Waals surface area contributed by atoms with Crippen molar-refractivity contribution in [3.8, 4) is 11.8 Å². The lowest BCUT2D eigenvalue weighted by molar-refractivity contribution is 0.0971. The van der Waals surface area contributed by atoms with Gasteiger partial charge in [-0.1, -0.05) is 48.5 Å². The van der Waals surface area contributed by atoms with Crippen LogP contribution in [-0.4, -0.2) is 17.9 Å². The van der Waals surface area contributed by atoms with Gasteiger partial charge >= 0.3 is 0 Å². The van der Waals surface area contributed by atoms with Crippen molar-refractivity contribution in [3.05, 3.63) is 95.7 Å². The van der Waals surface area contributed by atoms with E-state index in [1.54, 1.807) is 25.4 Å². The summed E-state index contributed by atoms with van der Waals surface area (Å²) in [6.07, 6.45) is 1.70. The summed E-state index contributed by atoms with van der Waals surface area (Å²) in [5.74, 6) is 0.594. The first kappa shape index (κ1) is 18.3. The van der Waals surface area contributed by atoms with E-state index >= 15 is 0 Å². The number of rotatable bonds is 6. The lowest BCUT2D eigenvalue weighted by atomic mass is 9.96. The van der Waals surface area contributed by atoms with Gasteiger partial charge in [-0.2, -0.15) is 5.26 Å². The van der Waals surface area contributed by atoms with Gasteiger partial charge in [0.15, 0.2) is 5.78 Å². The highest BCUT2D eigenvalue weighted by atomic mass is 16.5. The molecule has 1 aromatic heterocycles. The molecule has 0 aliphatic heterocycles. The standard InChI is InChI=1S/C24H19N3O2/c1-29-22-10-6-5-9-20(22)27-23(17-7-3-2-4-8-17)24(28)19-15-26-21-13-16(14-25)11-12-18(19)21/h2-13,15,23,26-27H,1H3. The Morgan fingerprint density at radius 2 is 1.83 bits per heavy atom. The van der Waals surface area contributed by atoms with Crippen molar-refractivity contribution < 1.29 is 9.53 Å². The number of nitrogens with zero attached hydrogens (tertiary/aromatic N) is 1. The summed E-state index contributed by atoms with van der Waals surface area (Å²) in [7, 11) is 1.60. The van der Waals surface area contributed by atoms with Crippen molar-refractivity contribution in [2.75, 3.05) is 12.4 Å². The van der Waals surface area contributed by atoms with Crippen molar-refractivity contribution in [3.63, 3.8) is 0 Å². The number of anilines is 1. The molecule has 5 heteroatoms. The highest BCUT2D eigenvalue weighted by Crippen LogP contribution is 2.31. The number of carbonyl (C=O) groups is 1. The molecule has 0 spiro atoms. The summed E-state index contributed by atoms with van der Waals surface area (Å²) in [4.78, 5) is 16.7. The Morgan fingerprint density at radius 3 is 2.59 bits per heavy atom. The maximum atomic E-state index is 13.6. The zero-order chi connectivity index (χ0) is 20.2. The van der Waals surface area contributed by atoms with Gasteiger partial charge in [0.2, 0.25) is 0 Å². The first-order valence-corrected chi connectivity index (χ1v) is 9.21. The molecule has 0 saturated heterocycles. The van der Waals surface area contributed by atoms with E-state index in [4.69, 9.17) is 10.00 Å². The van der Waals surface area contributed by atoms with Gasteiger partial charge in [-0.05, 0) is 29.8 Å². The van der Waals surface area contributed by atoms with Gasteiger partial charge in [0, 0.05) is 22.7 Å². The van der Waals surface area contributed by atoms with Gasteiger partial charge in [0.25, 0.3) is 0 Å². The minimum atomic E-state index is -0.595. The summed E-state index contributed by atoms with van der Waals surface area (Å²) in [5, 5.41) is 13.2. The Morgan fingerprint density at radius 1 is 1.07 bits per heavy atom. The van der Waals surface area contributed by atoms with Crippen LogP contribution in [-0.2, 0) is 0 Å². The molecule has 0 saturated carbocycles. The van der Waals surface area contributed by atoms with E-state index < -0.39 is 6.04 Å². The number of Topliss-reactive ketones (excluding diaryl/α,β-unsaturated/α-hetero) is 1. The number of hydrogen-bond donors (Lipinski definition) is 2. The number of ketones is 1. The molecule has 3 aromatic carbocycles. The van der Waals surface area contributed by atoms with Gasteiger partial charge in [0.05, 0.1) is 24.4 Å². The minimum absolute atomic E-state index is 0.0712. The molecule has 4 rings (SSSR count). The molecule has 0 fully saturated rings. The number of aromatic nitrogens is 1. The van der Waals surface area contributed by atoms with E-state index in [1.807, 2.05) is 60.7 Å². The predicted molar refractivity (Wildman–Crippen MR) is 113 cm³/mol. The zero-order valence-corrected chi connectivity index (χ0v) is 15.8. The zero-order valence-electron chi connectivity index (χ0n) is 15.8. The molecule has 0 radical (unpaired) electrons. The van der Waals surface area contributed by atoms with Crippen molar-refractivity contribution in [1.29, 1.82) is 5.26 Å². The molecule has 1 unspecified atom stereocenters. The maximum Gasteiger partial charge on any atom is 0.191 e. The van der Waals surface area contributed by atoms with Gasteiger partial charge < -0.3 is 15.0 Å². The summed E-state index contributed by atoms with van der Waals surface area (Å²) in [5.41, 5.74) is 3.47. The van der Waals surface area contributed by atoms with E-state index in [2.05, 4.69) is 16.4 Å². The number of nitrogens with one attached hydrogen (secondary N) is 2. The third kappa shape index (κ3) is 3.56. The Kier molecular flexibility index (Phi) is 5.00. The highest BCUT2D eigenvalue weighted by molar-refractivity contribution is 6.11. The Labute approximate surface area is 168 Å². The fourth-order valence-electron chi connectivity index (χ4n) is 3.42. The minimum Gasteiger partial charge on any atom is -0.495 e. The van der Waals surface area contributed by atoms with E-state index in [0.717, 1.165) is 22.2 Å². The number of benzene rings is 3. The van der Waals surface area contributed by atoms with E-state index in [0.29, 0.717) is 16.9 Å². The van der Waals surface area contributed by atoms with Crippen LogP contribution in [0.15, 0.2) is 79.0 Å². The molecular formula is C24H19N3O2. The normalized spacial score (nSPS) is 11.6. The first-order chi connectivity index (χ1) is 14.2. The third-order valence-corrected chi connectivity index (χ3v) is 4.88. The van der Waals surface area contributed by atoms with Crippen LogP contribution >= 0.6 is 0 Å². The Bertz CT molecular complexity index is 1210. The molecule has 1 atom stereocenters. The van der Waals surface area contributed by atoms with Gasteiger partial charge in [-0.15, -0.1) is 0 Å². The number of carbonyl (C=O) groups excluding carboxylic acids is 1. The average molecular weight is 381 g/mol. The molecule has 1 heterocycles. The summed E-state index contributed by atoms with van der Waals surface area (Å²) in [6, 6.07) is 23.9. The van der Waals surface area contributed by atoms with Crippen LogP contribution in [0.25, 0.3) is 10.9 Å². The molecule has 29 heavy (non-hydrogen) atoms. The molecule has 5 nitrogen and oxygen atoms in total. The SMILES string of the molecule is COc1ccccc1NC(C(=O)c1c[nH]c2cc(C#N)ccc12)c1ccccc1. The number of H-pyrrole nitrogens is 1. The third-order valence-electron chi connectivity index (χ3n) is 4.88. The summed E-state index contributed by atoms with van der Waals surface area (Å²) >= 11 is 0. The maximum absolute atomic E-state index is 13.6. The van der Waals surface area contributed by atoms with Crippen molar-refractivity contribution in [1.82, 2.24) is 4.98 Å². The number of aromatic amines is 1. The second-order valence-electron chi connectivity index (χ2n) is 6.63. The predicted octanol–water partition coefficient (Wildman–Crippen LogP) is 5.08. The fraction of sp³-hybridized carbons (Fsp3) is 0.0833.